The summed E-state index contributed by atoms with van der Waals surface area (Å²) in [4.78, 5) is 26.5. The zero-order valence-corrected chi connectivity index (χ0v) is 50.2. The standard InChI is InChI=1S/C72H83N7O7/c1-3-5-6-7-17-55(13-4-2)86-68-22-9-8-21-59(68)72-66-29-27-64(75-66)70(53-15-11-19-57(50-53)84-47-38-78-33-42-81-43-34-78)62-25-23-60(73-62)69(52-14-10-18-56(49-52)83-46-37-77-31-40-80-41-32-77)61-24-26-63(74-61)71(65-28-30-67(72)76-65)54-16-12-20-58(51-54)85-48-39-79-35-44-82-45-36-79/h8-12,14-16,18-30,49-51,55,73,76H,3-7,13,17,31-48H2,1-2H3. The normalized spacial score (nSPS) is 16.1. The summed E-state index contributed by atoms with van der Waals surface area (Å²) >= 11 is 0. The number of ether oxygens (including phenoxy) is 7. The van der Waals surface area contributed by atoms with Gasteiger partial charge in [-0.25, -0.2) is 9.97 Å². The summed E-state index contributed by atoms with van der Waals surface area (Å²) in [5.41, 5.74) is 14.5. The SMILES string of the molecule is CCCCCCC(CCC)Oc1ccccc1-c1c2nc(c(-c3cccc(OCCN4CCOCC4)c3)c3ccc([nH]3)c(-c3cccc(OCCN4CCOCC4)c3)c3nc(c(-c4cccc(OCCN5CCOCC5)c4)c4ccc1[nH]4)C=C3)C=C2. The number of rotatable bonds is 25. The third-order valence-electron chi connectivity index (χ3n) is 16.9. The average Bonchev–Trinajstić information content (AvgIpc) is 4.47. The van der Waals surface area contributed by atoms with E-state index in [2.05, 4.69) is 166 Å². The van der Waals surface area contributed by atoms with Crippen LogP contribution >= 0.6 is 0 Å². The molecular formula is C72H83N7O7. The molecule has 4 aromatic carbocycles. The van der Waals surface area contributed by atoms with Gasteiger partial charge in [-0.1, -0.05) is 94.1 Å². The lowest BCUT2D eigenvalue weighted by atomic mass is 10.0. The smallest absolute Gasteiger partial charge is 0.127 e. The van der Waals surface area contributed by atoms with Crippen LogP contribution in [0.15, 0.2) is 121 Å². The van der Waals surface area contributed by atoms with Gasteiger partial charge in [-0.3, -0.25) is 14.7 Å². The fourth-order valence-electron chi connectivity index (χ4n) is 12.3. The van der Waals surface area contributed by atoms with Crippen molar-refractivity contribution in [1.29, 1.82) is 0 Å². The van der Waals surface area contributed by atoms with Gasteiger partial charge in [0.1, 0.15) is 42.8 Å². The van der Waals surface area contributed by atoms with Crippen LogP contribution in [0.3, 0.4) is 0 Å². The number of nitrogens with zero attached hydrogens (tertiary/aromatic N) is 5. The highest BCUT2D eigenvalue weighted by atomic mass is 16.5. The minimum atomic E-state index is 0.0792. The molecule has 5 aliphatic rings. The molecule has 5 aliphatic heterocycles. The second-order valence-electron chi connectivity index (χ2n) is 22.9. The lowest BCUT2D eigenvalue weighted by Gasteiger charge is -2.26. The van der Waals surface area contributed by atoms with Crippen molar-refractivity contribution in [2.75, 3.05) is 118 Å². The Morgan fingerprint density at radius 2 is 0.837 bits per heavy atom. The molecule has 3 fully saturated rings. The number of unbranched alkanes of at least 4 members (excludes halogenated alkanes) is 3. The Morgan fingerprint density at radius 1 is 0.430 bits per heavy atom. The third-order valence-corrected chi connectivity index (χ3v) is 16.9. The van der Waals surface area contributed by atoms with Gasteiger partial charge in [0.05, 0.1) is 68.5 Å². The molecule has 0 aliphatic carbocycles. The minimum Gasteiger partial charge on any atom is -0.492 e. The Labute approximate surface area is 506 Å². The molecule has 8 bridgehead atoms. The molecule has 3 saturated heterocycles. The molecule has 0 spiro atoms. The van der Waals surface area contributed by atoms with Crippen molar-refractivity contribution in [2.45, 2.75) is 64.9 Å². The fraction of sp³-hybridized carbons (Fsp3) is 0.389. The third kappa shape index (κ3) is 14.6. The van der Waals surface area contributed by atoms with Crippen LogP contribution in [0.4, 0.5) is 0 Å². The first-order valence-corrected chi connectivity index (χ1v) is 31.6. The molecule has 1 atom stereocenters. The maximum absolute atomic E-state index is 7.19. The maximum Gasteiger partial charge on any atom is 0.127 e. The molecule has 14 nitrogen and oxygen atoms in total. The monoisotopic (exact) mass is 1160 g/mol. The molecule has 14 heteroatoms. The summed E-state index contributed by atoms with van der Waals surface area (Å²) in [6, 6.07) is 42.5. The summed E-state index contributed by atoms with van der Waals surface area (Å²) in [5, 5.41) is 0. The van der Waals surface area contributed by atoms with Crippen LogP contribution < -0.4 is 18.9 Å². The molecule has 3 aromatic heterocycles. The molecule has 0 saturated carbocycles. The van der Waals surface area contributed by atoms with Crippen molar-refractivity contribution >= 4 is 46.4 Å². The molecule has 448 valence electrons. The second-order valence-corrected chi connectivity index (χ2v) is 22.9. The van der Waals surface area contributed by atoms with E-state index < -0.39 is 0 Å². The van der Waals surface area contributed by atoms with Crippen molar-refractivity contribution < 1.29 is 33.2 Å². The van der Waals surface area contributed by atoms with Crippen molar-refractivity contribution in [1.82, 2.24) is 34.6 Å². The van der Waals surface area contributed by atoms with Gasteiger partial charge in [-0.05, 0) is 127 Å². The summed E-state index contributed by atoms with van der Waals surface area (Å²) in [6.07, 6.45) is 16.5. The molecular weight excluding hydrogens is 1070 g/mol. The van der Waals surface area contributed by atoms with E-state index in [9.17, 15) is 0 Å². The Bertz CT molecular complexity index is 3560. The number of hydrogen-bond donors (Lipinski definition) is 2. The highest BCUT2D eigenvalue weighted by Gasteiger charge is 2.23. The van der Waals surface area contributed by atoms with Gasteiger partial charge in [0.15, 0.2) is 0 Å². The van der Waals surface area contributed by atoms with E-state index >= 15 is 0 Å². The van der Waals surface area contributed by atoms with E-state index in [4.69, 9.17) is 43.1 Å². The largest absolute Gasteiger partial charge is 0.492 e. The van der Waals surface area contributed by atoms with Crippen LogP contribution in [0.5, 0.6) is 23.0 Å². The predicted molar refractivity (Wildman–Crippen MR) is 347 cm³/mol. The van der Waals surface area contributed by atoms with Crippen LogP contribution in [0.1, 0.15) is 81.6 Å². The van der Waals surface area contributed by atoms with Gasteiger partial charge >= 0.3 is 0 Å². The molecule has 8 heterocycles. The van der Waals surface area contributed by atoms with Gasteiger partial charge < -0.3 is 43.1 Å². The van der Waals surface area contributed by atoms with E-state index in [0.717, 1.165) is 237 Å². The maximum atomic E-state index is 7.19. The number of aromatic nitrogens is 4. The average molecular weight is 1160 g/mol. The van der Waals surface area contributed by atoms with E-state index in [0.29, 0.717) is 19.8 Å². The highest BCUT2D eigenvalue weighted by molar-refractivity contribution is 6.00. The van der Waals surface area contributed by atoms with Gasteiger partial charge in [0, 0.05) is 109 Å². The van der Waals surface area contributed by atoms with Gasteiger partial charge in [-0.15, -0.1) is 0 Å². The van der Waals surface area contributed by atoms with Crippen LogP contribution in [0.25, 0.3) is 90.9 Å². The van der Waals surface area contributed by atoms with Crippen LogP contribution in [-0.4, -0.2) is 159 Å². The van der Waals surface area contributed by atoms with Gasteiger partial charge in [0.2, 0.25) is 0 Å². The quantitative estimate of drug-likeness (QED) is 0.0528. The molecule has 86 heavy (non-hydrogen) atoms. The number of aromatic amines is 2. The van der Waals surface area contributed by atoms with Crippen molar-refractivity contribution in [3.8, 4) is 67.5 Å². The number of benzene rings is 4. The fourth-order valence-corrected chi connectivity index (χ4v) is 12.3. The van der Waals surface area contributed by atoms with Crippen molar-refractivity contribution in [3.05, 3.63) is 144 Å². The Kier molecular flexibility index (Phi) is 20.0. The summed E-state index contributed by atoms with van der Waals surface area (Å²) in [5.74, 6) is 3.23. The molecule has 2 N–H and O–H groups in total. The lowest BCUT2D eigenvalue weighted by Crippen LogP contribution is -2.38. The molecule has 7 aromatic rings. The lowest BCUT2D eigenvalue weighted by molar-refractivity contribution is 0.0322. The Morgan fingerprint density at radius 3 is 1.26 bits per heavy atom. The van der Waals surface area contributed by atoms with E-state index in [-0.39, 0.29) is 6.10 Å². The zero-order chi connectivity index (χ0) is 58.3. The van der Waals surface area contributed by atoms with Crippen LogP contribution in [0.2, 0.25) is 0 Å². The van der Waals surface area contributed by atoms with Crippen LogP contribution in [0, 0.1) is 0 Å². The van der Waals surface area contributed by atoms with Crippen molar-refractivity contribution in [2.24, 2.45) is 0 Å². The molecule has 1 unspecified atom stereocenters. The Hall–Kier alpha value is -7.56. The summed E-state index contributed by atoms with van der Waals surface area (Å²) < 4.78 is 43.7. The van der Waals surface area contributed by atoms with Crippen molar-refractivity contribution in [3.63, 3.8) is 0 Å². The van der Waals surface area contributed by atoms with E-state index in [1.165, 1.54) is 19.3 Å². The summed E-state index contributed by atoms with van der Waals surface area (Å²) in [7, 11) is 0. The summed E-state index contributed by atoms with van der Waals surface area (Å²) in [6.45, 7) is 18.6. The highest BCUT2D eigenvalue weighted by Crippen LogP contribution is 2.42. The number of para-hydroxylation sites is 1. The first-order valence-electron chi connectivity index (χ1n) is 31.6. The Balaban J connectivity index is 1.05. The van der Waals surface area contributed by atoms with Gasteiger partial charge in [0.25, 0.3) is 0 Å². The zero-order valence-electron chi connectivity index (χ0n) is 50.2. The number of H-pyrrole nitrogens is 2. The number of nitrogens with one attached hydrogen (secondary N) is 2. The van der Waals surface area contributed by atoms with Crippen LogP contribution in [-0.2, 0) is 14.2 Å². The van der Waals surface area contributed by atoms with Gasteiger partial charge in [-0.2, -0.15) is 0 Å². The van der Waals surface area contributed by atoms with E-state index in [1.54, 1.807) is 0 Å². The molecule has 12 rings (SSSR count). The number of hydrogen-bond acceptors (Lipinski definition) is 12. The topological polar surface area (TPSA) is 132 Å². The van der Waals surface area contributed by atoms with E-state index in [1.807, 2.05) is 18.2 Å². The number of fused-ring (bicyclic) bond motifs is 8. The first-order chi connectivity index (χ1) is 42.5. The molecule has 0 amide bonds. The number of morpholine rings is 3. The minimum absolute atomic E-state index is 0.0792. The molecule has 0 radical (unpaired) electrons. The predicted octanol–water partition coefficient (Wildman–Crippen LogP) is 14.0. The second kappa shape index (κ2) is 29.2. The first kappa shape index (κ1) is 58.8.